The maximum atomic E-state index is 11.2. The Morgan fingerprint density at radius 2 is 2.26 bits per heavy atom. The highest BCUT2D eigenvalue weighted by atomic mass is 16.5. The van der Waals surface area contributed by atoms with Crippen molar-refractivity contribution < 1.29 is 9.53 Å². The highest BCUT2D eigenvalue weighted by Crippen LogP contribution is 2.31. The summed E-state index contributed by atoms with van der Waals surface area (Å²) in [6, 6.07) is 6.32. The van der Waals surface area contributed by atoms with E-state index in [9.17, 15) is 4.79 Å². The molecule has 1 aliphatic rings. The van der Waals surface area contributed by atoms with E-state index in [1.807, 2.05) is 36.1 Å². The summed E-state index contributed by atoms with van der Waals surface area (Å²) < 4.78 is 9.67. The van der Waals surface area contributed by atoms with Gasteiger partial charge in [0.05, 0.1) is 11.7 Å². The van der Waals surface area contributed by atoms with E-state index in [1.54, 1.807) is 10.7 Å². The predicted molar refractivity (Wildman–Crippen MR) is 103 cm³/mol. The van der Waals surface area contributed by atoms with Crippen molar-refractivity contribution in [2.75, 3.05) is 25.0 Å². The topological polar surface area (TPSA) is 76.7 Å². The van der Waals surface area contributed by atoms with E-state index >= 15 is 0 Å². The first kappa shape index (κ1) is 17.5. The highest BCUT2D eigenvalue weighted by molar-refractivity contribution is 5.88. The molecule has 142 valence electrons. The second kappa shape index (κ2) is 7.03. The van der Waals surface area contributed by atoms with Crippen LogP contribution in [0.5, 0.6) is 5.75 Å². The van der Waals surface area contributed by atoms with Crippen molar-refractivity contribution in [1.29, 1.82) is 0 Å². The van der Waals surface area contributed by atoms with E-state index in [0.717, 1.165) is 35.6 Å². The lowest BCUT2D eigenvalue weighted by Crippen LogP contribution is -2.50. The molecule has 1 saturated heterocycles. The van der Waals surface area contributed by atoms with Gasteiger partial charge in [-0.1, -0.05) is 6.92 Å². The predicted octanol–water partition coefficient (Wildman–Crippen LogP) is 2.17. The number of likely N-dealkylation sites (tertiary alicyclic amines) is 1. The third-order valence-electron chi connectivity index (χ3n) is 5.05. The number of pyridine rings is 1. The Hall–Kier alpha value is -2.87. The summed E-state index contributed by atoms with van der Waals surface area (Å²) in [6.07, 6.45) is 4.82. The number of amides is 1. The van der Waals surface area contributed by atoms with E-state index < -0.39 is 0 Å². The summed E-state index contributed by atoms with van der Waals surface area (Å²) in [5, 5.41) is 11.4. The van der Waals surface area contributed by atoms with Crippen LogP contribution in [-0.2, 0) is 11.8 Å². The van der Waals surface area contributed by atoms with Gasteiger partial charge >= 0.3 is 0 Å². The molecule has 4 rings (SSSR count). The summed E-state index contributed by atoms with van der Waals surface area (Å²) in [7, 11) is 1.91. The van der Waals surface area contributed by atoms with Crippen LogP contribution in [-0.4, -0.2) is 55.9 Å². The van der Waals surface area contributed by atoms with Crippen LogP contribution in [0.2, 0.25) is 0 Å². The number of anilines is 1. The molecule has 0 saturated carbocycles. The molecule has 0 spiro atoms. The quantitative estimate of drug-likeness (QED) is 0.722. The van der Waals surface area contributed by atoms with E-state index in [0.29, 0.717) is 18.5 Å². The molecule has 8 heteroatoms. The largest absolute Gasteiger partial charge is 0.488 e. The maximum absolute atomic E-state index is 11.2. The number of hydrogen-bond acceptors (Lipinski definition) is 5. The molecule has 1 fully saturated rings. The molecular weight excluding hydrogens is 344 g/mol. The van der Waals surface area contributed by atoms with Crippen molar-refractivity contribution in [3.63, 3.8) is 0 Å². The van der Waals surface area contributed by atoms with Gasteiger partial charge in [-0.2, -0.15) is 10.2 Å². The van der Waals surface area contributed by atoms with Crippen molar-refractivity contribution in [3.8, 4) is 17.0 Å². The van der Waals surface area contributed by atoms with Crippen molar-refractivity contribution in [2.24, 2.45) is 7.05 Å². The average Bonchev–Trinajstić information content (AvgIpc) is 3.15. The minimum Gasteiger partial charge on any atom is -0.488 e. The van der Waals surface area contributed by atoms with Gasteiger partial charge in [0.25, 0.3) is 0 Å². The van der Waals surface area contributed by atoms with Crippen LogP contribution in [0, 0.1) is 0 Å². The van der Waals surface area contributed by atoms with E-state index in [2.05, 4.69) is 27.3 Å². The number of nitrogens with zero attached hydrogens (tertiary/aromatic N) is 5. The first-order valence-electron chi connectivity index (χ1n) is 9.21. The van der Waals surface area contributed by atoms with Crippen LogP contribution < -0.4 is 10.1 Å². The maximum Gasteiger partial charge on any atom is 0.222 e. The van der Waals surface area contributed by atoms with Crippen LogP contribution >= 0.6 is 0 Å². The lowest BCUT2D eigenvalue weighted by Gasteiger charge is -2.39. The number of likely N-dealkylation sites (N-methyl/N-ethyl adjacent to an activating group) is 1. The number of hydrogen-bond donors (Lipinski definition) is 1. The number of fused-ring (bicyclic) bond motifs is 1. The molecule has 27 heavy (non-hydrogen) atoms. The number of ether oxygens (including phenoxy) is 1. The molecule has 3 aromatic heterocycles. The molecule has 8 nitrogen and oxygen atoms in total. The van der Waals surface area contributed by atoms with Gasteiger partial charge in [-0.05, 0) is 25.1 Å². The molecule has 0 radical (unpaired) electrons. The number of carbonyl (C=O) groups is 1. The summed E-state index contributed by atoms with van der Waals surface area (Å²) in [6.45, 7) is 6.53. The molecule has 0 aromatic carbocycles. The average molecular weight is 368 g/mol. The number of nitrogens with one attached hydrogen (secondary N) is 1. The van der Waals surface area contributed by atoms with Crippen LogP contribution in [0.4, 0.5) is 5.82 Å². The molecule has 1 N–H and O–H groups in total. The first-order valence-corrected chi connectivity index (χ1v) is 9.21. The molecule has 0 aliphatic carbocycles. The van der Waals surface area contributed by atoms with Crippen LogP contribution in [0.25, 0.3) is 16.8 Å². The molecular formula is C19H24N6O2. The van der Waals surface area contributed by atoms with Gasteiger partial charge in [0.1, 0.15) is 12.3 Å². The minimum atomic E-state index is -0.141. The number of aryl methyl sites for hydroxylation is 1. The zero-order valence-corrected chi connectivity index (χ0v) is 15.8. The highest BCUT2D eigenvalue weighted by Gasteiger charge is 2.27. The first-order chi connectivity index (χ1) is 13.0. The zero-order valence-electron chi connectivity index (χ0n) is 15.8. The number of carbonyl (C=O) groups excluding carboxylic acids is 1. The fraction of sp³-hybridized carbons (Fsp3) is 0.421. The Labute approximate surface area is 157 Å². The summed E-state index contributed by atoms with van der Waals surface area (Å²) in [5.41, 5.74) is 2.81. The van der Waals surface area contributed by atoms with Crippen molar-refractivity contribution >= 4 is 17.2 Å². The fourth-order valence-electron chi connectivity index (χ4n) is 3.52. The minimum absolute atomic E-state index is 0.141. The van der Waals surface area contributed by atoms with E-state index in [-0.39, 0.29) is 5.91 Å². The van der Waals surface area contributed by atoms with Crippen molar-refractivity contribution in [3.05, 3.63) is 30.6 Å². The second-order valence-corrected chi connectivity index (χ2v) is 6.86. The van der Waals surface area contributed by atoms with E-state index in [1.165, 1.54) is 13.3 Å². The molecule has 1 atom stereocenters. The standard InChI is InChI=1S/C19H24N6O2/c1-4-24-7-6-15(24)12-27-17-11-20-23(3)19(17)14-5-8-25-16(9-14)10-18(22-25)21-13(2)26/h5,8-11,15H,4,6-7,12H2,1-3H3,(H,21,22,26)/t15-/m1/s1. The van der Waals surface area contributed by atoms with Gasteiger partial charge in [-0.3, -0.25) is 14.4 Å². The third-order valence-corrected chi connectivity index (χ3v) is 5.05. The van der Waals surface area contributed by atoms with Gasteiger partial charge in [0.2, 0.25) is 5.91 Å². The Morgan fingerprint density at radius 3 is 2.96 bits per heavy atom. The van der Waals surface area contributed by atoms with E-state index in [4.69, 9.17) is 4.74 Å². The van der Waals surface area contributed by atoms with Crippen molar-refractivity contribution in [1.82, 2.24) is 24.3 Å². The fourth-order valence-corrected chi connectivity index (χ4v) is 3.52. The molecule has 4 heterocycles. The molecule has 1 amide bonds. The molecule has 3 aromatic rings. The van der Waals surface area contributed by atoms with Gasteiger partial charge < -0.3 is 10.1 Å². The van der Waals surface area contributed by atoms with Crippen LogP contribution in [0.1, 0.15) is 20.3 Å². The third kappa shape index (κ3) is 3.40. The molecule has 0 unspecified atom stereocenters. The summed E-state index contributed by atoms with van der Waals surface area (Å²) in [4.78, 5) is 13.7. The smallest absolute Gasteiger partial charge is 0.222 e. The normalized spacial score (nSPS) is 17.1. The van der Waals surface area contributed by atoms with Gasteiger partial charge in [0, 0.05) is 44.4 Å². The Bertz CT molecular complexity index is 974. The van der Waals surface area contributed by atoms with Gasteiger partial charge in [-0.25, -0.2) is 4.52 Å². The monoisotopic (exact) mass is 368 g/mol. The Kier molecular flexibility index (Phi) is 4.57. The van der Waals surface area contributed by atoms with Crippen LogP contribution in [0.3, 0.4) is 0 Å². The number of aromatic nitrogens is 4. The van der Waals surface area contributed by atoms with Gasteiger partial charge in [0.15, 0.2) is 11.6 Å². The van der Waals surface area contributed by atoms with Gasteiger partial charge in [-0.15, -0.1) is 0 Å². The summed E-state index contributed by atoms with van der Waals surface area (Å²) in [5.74, 6) is 1.18. The van der Waals surface area contributed by atoms with Crippen molar-refractivity contribution in [2.45, 2.75) is 26.3 Å². The van der Waals surface area contributed by atoms with Crippen LogP contribution in [0.15, 0.2) is 30.6 Å². The Balaban J connectivity index is 1.59. The number of rotatable bonds is 6. The lowest BCUT2D eigenvalue weighted by molar-refractivity contribution is -0.114. The molecule has 0 bridgehead atoms. The molecule has 1 aliphatic heterocycles. The second-order valence-electron chi connectivity index (χ2n) is 6.86. The lowest BCUT2D eigenvalue weighted by atomic mass is 10.0. The summed E-state index contributed by atoms with van der Waals surface area (Å²) >= 11 is 0. The zero-order chi connectivity index (χ0) is 19.0. The SMILES string of the molecule is CCN1CC[C@@H]1COc1cnn(C)c1-c1ccn2nc(NC(C)=O)cc2c1. The Morgan fingerprint density at radius 1 is 1.41 bits per heavy atom.